The molecular formula is C9H14N2O2. The standard InChI is InChI=1S/C9H14N2O2/c1-3-10-6-7-4-5-8(9(12)13)11(7)2/h4-5,10H,3,6H2,1-2H3,(H,12,13). The molecule has 0 aliphatic carbocycles. The zero-order valence-corrected chi connectivity index (χ0v) is 7.87. The van der Waals surface area contributed by atoms with E-state index in [1.54, 1.807) is 17.7 Å². The second-order valence-corrected chi connectivity index (χ2v) is 2.85. The predicted octanol–water partition coefficient (Wildman–Crippen LogP) is 0.833. The lowest BCUT2D eigenvalue weighted by Gasteiger charge is -2.04. The van der Waals surface area contributed by atoms with E-state index in [0.717, 1.165) is 12.2 Å². The van der Waals surface area contributed by atoms with Crippen LogP contribution in [0.15, 0.2) is 12.1 Å². The number of nitrogens with zero attached hydrogens (tertiary/aromatic N) is 1. The number of hydrogen-bond donors (Lipinski definition) is 2. The van der Waals surface area contributed by atoms with Crippen LogP contribution in [0.4, 0.5) is 0 Å². The summed E-state index contributed by atoms with van der Waals surface area (Å²) < 4.78 is 1.69. The third-order valence-electron chi connectivity index (χ3n) is 2.00. The molecule has 0 atom stereocenters. The molecule has 0 bridgehead atoms. The maximum absolute atomic E-state index is 10.7. The van der Waals surface area contributed by atoms with E-state index >= 15 is 0 Å². The van der Waals surface area contributed by atoms with Crippen LogP contribution in [-0.2, 0) is 13.6 Å². The van der Waals surface area contributed by atoms with E-state index in [1.807, 2.05) is 13.0 Å². The molecule has 1 aromatic rings. The monoisotopic (exact) mass is 182 g/mol. The Balaban J connectivity index is 2.80. The highest BCUT2D eigenvalue weighted by Gasteiger charge is 2.09. The second-order valence-electron chi connectivity index (χ2n) is 2.85. The molecule has 1 rings (SSSR count). The van der Waals surface area contributed by atoms with Gasteiger partial charge in [0.1, 0.15) is 5.69 Å². The van der Waals surface area contributed by atoms with Crippen molar-refractivity contribution in [2.75, 3.05) is 6.54 Å². The number of aromatic nitrogens is 1. The zero-order chi connectivity index (χ0) is 9.84. The van der Waals surface area contributed by atoms with Crippen LogP contribution in [-0.4, -0.2) is 22.2 Å². The summed E-state index contributed by atoms with van der Waals surface area (Å²) in [5.74, 6) is -0.884. The second kappa shape index (κ2) is 4.09. The molecule has 0 aromatic carbocycles. The minimum Gasteiger partial charge on any atom is -0.477 e. The van der Waals surface area contributed by atoms with E-state index in [-0.39, 0.29) is 0 Å². The van der Waals surface area contributed by atoms with Gasteiger partial charge in [0.05, 0.1) is 0 Å². The van der Waals surface area contributed by atoms with Gasteiger partial charge in [0.2, 0.25) is 0 Å². The van der Waals surface area contributed by atoms with E-state index in [4.69, 9.17) is 5.11 Å². The van der Waals surface area contributed by atoms with E-state index < -0.39 is 5.97 Å². The number of carboxylic acids is 1. The first kappa shape index (κ1) is 9.80. The van der Waals surface area contributed by atoms with Gasteiger partial charge in [-0.05, 0) is 18.7 Å². The largest absolute Gasteiger partial charge is 0.477 e. The van der Waals surface area contributed by atoms with Gasteiger partial charge in [-0.2, -0.15) is 0 Å². The van der Waals surface area contributed by atoms with Gasteiger partial charge < -0.3 is 15.0 Å². The first-order valence-corrected chi connectivity index (χ1v) is 4.25. The first-order valence-electron chi connectivity index (χ1n) is 4.25. The van der Waals surface area contributed by atoms with Crippen molar-refractivity contribution in [2.45, 2.75) is 13.5 Å². The Labute approximate surface area is 77.2 Å². The summed E-state index contributed by atoms with van der Waals surface area (Å²) in [4.78, 5) is 10.7. The average molecular weight is 182 g/mol. The van der Waals surface area contributed by atoms with Gasteiger partial charge in [0.25, 0.3) is 0 Å². The van der Waals surface area contributed by atoms with Crippen molar-refractivity contribution in [3.8, 4) is 0 Å². The quantitative estimate of drug-likeness (QED) is 0.725. The molecule has 2 N–H and O–H groups in total. The van der Waals surface area contributed by atoms with E-state index in [1.165, 1.54) is 0 Å². The fourth-order valence-electron chi connectivity index (χ4n) is 1.20. The molecule has 4 nitrogen and oxygen atoms in total. The minimum absolute atomic E-state index is 0.327. The van der Waals surface area contributed by atoms with Crippen LogP contribution in [0.2, 0.25) is 0 Å². The molecule has 0 aliphatic heterocycles. The van der Waals surface area contributed by atoms with E-state index in [9.17, 15) is 4.79 Å². The lowest BCUT2D eigenvalue weighted by molar-refractivity contribution is 0.0686. The van der Waals surface area contributed by atoms with Gasteiger partial charge >= 0.3 is 5.97 Å². The smallest absolute Gasteiger partial charge is 0.352 e. The molecule has 0 fully saturated rings. The summed E-state index contributed by atoms with van der Waals surface area (Å²) >= 11 is 0. The number of hydrogen-bond acceptors (Lipinski definition) is 2. The Kier molecular flexibility index (Phi) is 3.08. The molecule has 0 amide bonds. The molecular weight excluding hydrogens is 168 g/mol. The maximum atomic E-state index is 10.7. The fraction of sp³-hybridized carbons (Fsp3) is 0.444. The predicted molar refractivity (Wildman–Crippen MR) is 49.8 cm³/mol. The normalized spacial score (nSPS) is 10.3. The Morgan fingerprint density at radius 2 is 2.31 bits per heavy atom. The Bertz CT molecular complexity index is 305. The highest BCUT2D eigenvalue weighted by molar-refractivity contribution is 5.86. The van der Waals surface area contributed by atoms with Gasteiger partial charge in [-0.3, -0.25) is 0 Å². The average Bonchev–Trinajstić information content (AvgIpc) is 2.43. The van der Waals surface area contributed by atoms with Crippen LogP contribution < -0.4 is 5.32 Å². The molecule has 0 aliphatic rings. The molecule has 0 unspecified atom stereocenters. The lowest BCUT2D eigenvalue weighted by atomic mass is 10.4. The van der Waals surface area contributed by atoms with Crippen LogP contribution in [0, 0.1) is 0 Å². The van der Waals surface area contributed by atoms with Crippen molar-refractivity contribution in [3.63, 3.8) is 0 Å². The molecule has 1 aromatic heterocycles. The van der Waals surface area contributed by atoms with E-state index in [2.05, 4.69) is 5.32 Å². The van der Waals surface area contributed by atoms with Crippen molar-refractivity contribution in [1.82, 2.24) is 9.88 Å². The number of carboxylic acid groups (broad SMARTS) is 1. The number of carbonyl (C=O) groups is 1. The Morgan fingerprint density at radius 1 is 1.62 bits per heavy atom. The Hall–Kier alpha value is -1.29. The highest BCUT2D eigenvalue weighted by Crippen LogP contribution is 2.06. The molecule has 4 heteroatoms. The summed E-state index contributed by atoms with van der Waals surface area (Å²) in [5, 5.41) is 11.9. The topological polar surface area (TPSA) is 54.3 Å². The molecule has 0 saturated heterocycles. The molecule has 0 saturated carbocycles. The summed E-state index contributed by atoms with van der Waals surface area (Å²) in [7, 11) is 1.76. The summed E-state index contributed by atoms with van der Waals surface area (Å²) in [5.41, 5.74) is 1.31. The molecule has 0 spiro atoms. The fourth-order valence-corrected chi connectivity index (χ4v) is 1.20. The maximum Gasteiger partial charge on any atom is 0.352 e. The number of nitrogens with one attached hydrogen (secondary N) is 1. The molecule has 0 radical (unpaired) electrons. The number of aromatic carboxylic acids is 1. The van der Waals surface area contributed by atoms with Gasteiger partial charge in [-0.15, -0.1) is 0 Å². The van der Waals surface area contributed by atoms with Crippen molar-refractivity contribution in [2.24, 2.45) is 7.05 Å². The van der Waals surface area contributed by atoms with Gasteiger partial charge in [0, 0.05) is 19.3 Å². The SMILES string of the molecule is CCNCc1ccc(C(=O)O)n1C. The highest BCUT2D eigenvalue weighted by atomic mass is 16.4. The summed E-state index contributed by atoms with van der Waals surface area (Å²) in [6.07, 6.45) is 0. The van der Waals surface area contributed by atoms with Crippen molar-refractivity contribution in [3.05, 3.63) is 23.5 Å². The lowest BCUT2D eigenvalue weighted by Crippen LogP contribution is -2.15. The van der Waals surface area contributed by atoms with Crippen molar-refractivity contribution in [1.29, 1.82) is 0 Å². The third kappa shape index (κ3) is 2.09. The summed E-state index contributed by atoms with van der Waals surface area (Å²) in [6, 6.07) is 3.45. The van der Waals surface area contributed by atoms with Gasteiger partial charge in [0.15, 0.2) is 0 Å². The first-order chi connectivity index (χ1) is 6.16. The Morgan fingerprint density at radius 3 is 2.77 bits per heavy atom. The summed E-state index contributed by atoms with van der Waals surface area (Å²) in [6.45, 7) is 3.61. The molecule has 13 heavy (non-hydrogen) atoms. The van der Waals surface area contributed by atoms with Crippen molar-refractivity contribution < 1.29 is 9.90 Å². The minimum atomic E-state index is -0.884. The zero-order valence-electron chi connectivity index (χ0n) is 7.87. The van der Waals surface area contributed by atoms with Crippen LogP contribution in [0.5, 0.6) is 0 Å². The van der Waals surface area contributed by atoms with Gasteiger partial charge in [-0.25, -0.2) is 4.79 Å². The molecule has 1 heterocycles. The third-order valence-corrected chi connectivity index (χ3v) is 2.00. The van der Waals surface area contributed by atoms with Crippen LogP contribution in [0.1, 0.15) is 23.1 Å². The van der Waals surface area contributed by atoms with Crippen LogP contribution in [0.3, 0.4) is 0 Å². The molecule has 72 valence electrons. The van der Waals surface area contributed by atoms with E-state index in [0.29, 0.717) is 12.2 Å². The van der Waals surface area contributed by atoms with Crippen LogP contribution >= 0.6 is 0 Å². The van der Waals surface area contributed by atoms with Gasteiger partial charge in [-0.1, -0.05) is 6.92 Å². The van der Waals surface area contributed by atoms with Crippen LogP contribution in [0.25, 0.3) is 0 Å². The van der Waals surface area contributed by atoms with Crippen molar-refractivity contribution >= 4 is 5.97 Å². The number of rotatable bonds is 4.